The van der Waals surface area contributed by atoms with Crippen molar-refractivity contribution in [3.63, 3.8) is 0 Å². The molecule has 0 bridgehead atoms. The number of benzene rings is 1. The Morgan fingerprint density at radius 2 is 1.87 bits per heavy atom. The fraction of sp³-hybridized carbons (Fsp3) is 0.409. The van der Waals surface area contributed by atoms with Crippen LogP contribution in [0.3, 0.4) is 0 Å². The van der Waals surface area contributed by atoms with E-state index in [1.165, 1.54) is 7.05 Å². The van der Waals surface area contributed by atoms with Gasteiger partial charge in [-0.25, -0.2) is 18.1 Å². The predicted octanol–water partition coefficient (Wildman–Crippen LogP) is 2.22. The summed E-state index contributed by atoms with van der Waals surface area (Å²) in [4.78, 5) is 19.3. The number of carbonyl (C=O) groups is 1. The maximum Gasteiger partial charge on any atom is 0.240 e. The van der Waals surface area contributed by atoms with Crippen molar-refractivity contribution < 1.29 is 13.2 Å². The van der Waals surface area contributed by atoms with Gasteiger partial charge in [0.2, 0.25) is 15.9 Å². The fourth-order valence-corrected chi connectivity index (χ4v) is 4.91. The van der Waals surface area contributed by atoms with Gasteiger partial charge in [0.05, 0.1) is 10.6 Å². The fourth-order valence-electron chi connectivity index (χ4n) is 4.18. The number of nitrogens with zero attached hydrogens (tertiary/aromatic N) is 4. The SMILES string of the molecule is CNS(=O)(=O)c1ccc(CCC(=O)N2CCC(c3nn(C)c4ncccc34)CC2)cc1. The van der Waals surface area contributed by atoms with E-state index in [0.717, 1.165) is 48.2 Å². The molecule has 1 aromatic carbocycles. The van der Waals surface area contributed by atoms with Crippen molar-refractivity contribution in [3.8, 4) is 0 Å². The number of pyridine rings is 1. The molecular formula is C22H27N5O3S. The lowest BCUT2D eigenvalue weighted by molar-refractivity contribution is -0.132. The Kier molecular flexibility index (Phi) is 6.06. The maximum absolute atomic E-state index is 12.7. The molecule has 4 rings (SSSR count). The molecule has 8 nitrogen and oxygen atoms in total. The summed E-state index contributed by atoms with van der Waals surface area (Å²) in [6.45, 7) is 1.45. The summed E-state index contributed by atoms with van der Waals surface area (Å²) in [6.07, 6.45) is 4.57. The van der Waals surface area contributed by atoms with Gasteiger partial charge < -0.3 is 4.90 Å². The molecule has 31 heavy (non-hydrogen) atoms. The predicted molar refractivity (Wildman–Crippen MR) is 118 cm³/mol. The van der Waals surface area contributed by atoms with Crippen molar-refractivity contribution in [3.05, 3.63) is 53.9 Å². The van der Waals surface area contributed by atoms with Gasteiger partial charge in [-0.15, -0.1) is 0 Å². The van der Waals surface area contributed by atoms with E-state index in [-0.39, 0.29) is 10.8 Å². The minimum atomic E-state index is -3.44. The van der Waals surface area contributed by atoms with Crippen LogP contribution in [0.15, 0.2) is 47.5 Å². The minimum Gasteiger partial charge on any atom is -0.343 e. The molecule has 0 atom stereocenters. The number of rotatable bonds is 6. The number of piperidine rings is 1. The van der Waals surface area contributed by atoms with Gasteiger partial charge in [0.15, 0.2) is 5.65 Å². The van der Waals surface area contributed by atoms with Crippen LogP contribution in [0.25, 0.3) is 11.0 Å². The summed E-state index contributed by atoms with van der Waals surface area (Å²) in [5.74, 6) is 0.469. The highest BCUT2D eigenvalue weighted by Crippen LogP contribution is 2.31. The third-order valence-corrected chi connectivity index (χ3v) is 7.42. The number of aryl methyl sites for hydroxylation is 2. The molecule has 2 aromatic heterocycles. The van der Waals surface area contributed by atoms with E-state index in [9.17, 15) is 13.2 Å². The summed E-state index contributed by atoms with van der Waals surface area (Å²) >= 11 is 0. The average Bonchev–Trinajstić information content (AvgIpc) is 3.14. The lowest BCUT2D eigenvalue weighted by Gasteiger charge is -2.31. The van der Waals surface area contributed by atoms with E-state index < -0.39 is 10.0 Å². The summed E-state index contributed by atoms with van der Waals surface area (Å²) < 4.78 is 27.7. The van der Waals surface area contributed by atoms with E-state index in [1.54, 1.807) is 30.5 Å². The van der Waals surface area contributed by atoms with Crippen molar-refractivity contribution in [1.29, 1.82) is 0 Å². The van der Waals surface area contributed by atoms with Crippen molar-refractivity contribution >= 4 is 27.0 Å². The number of amides is 1. The van der Waals surface area contributed by atoms with Gasteiger partial charge in [-0.1, -0.05) is 12.1 Å². The molecule has 3 aromatic rings. The number of hydrogen-bond acceptors (Lipinski definition) is 5. The second kappa shape index (κ2) is 8.76. The quantitative estimate of drug-likeness (QED) is 0.633. The monoisotopic (exact) mass is 441 g/mol. The first-order valence-corrected chi connectivity index (χ1v) is 12.0. The zero-order chi connectivity index (χ0) is 22.0. The lowest BCUT2D eigenvalue weighted by atomic mass is 9.92. The van der Waals surface area contributed by atoms with Gasteiger partial charge in [-0.05, 0) is 56.1 Å². The molecule has 0 unspecified atom stereocenters. The van der Waals surface area contributed by atoms with Gasteiger partial charge in [-0.3, -0.25) is 9.48 Å². The summed E-state index contributed by atoms with van der Waals surface area (Å²) in [7, 11) is -0.137. The molecule has 1 saturated heterocycles. The zero-order valence-electron chi connectivity index (χ0n) is 17.8. The largest absolute Gasteiger partial charge is 0.343 e. The highest BCUT2D eigenvalue weighted by Gasteiger charge is 2.27. The molecule has 0 saturated carbocycles. The van der Waals surface area contributed by atoms with E-state index in [4.69, 9.17) is 5.10 Å². The number of aromatic nitrogens is 3. The van der Waals surface area contributed by atoms with Gasteiger partial charge in [-0.2, -0.15) is 5.10 Å². The Bertz CT molecular complexity index is 1180. The van der Waals surface area contributed by atoms with E-state index in [0.29, 0.717) is 18.8 Å². The Morgan fingerprint density at radius 3 is 2.55 bits per heavy atom. The molecular weight excluding hydrogens is 414 g/mol. The lowest BCUT2D eigenvalue weighted by Crippen LogP contribution is -2.38. The molecule has 0 spiro atoms. The van der Waals surface area contributed by atoms with E-state index in [1.807, 2.05) is 22.7 Å². The molecule has 1 N–H and O–H groups in total. The summed E-state index contributed by atoms with van der Waals surface area (Å²) in [5.41, 5.74) is 2.92. The van der Waals surface area contributed by atoms with Crippen molar-refractivity contribution in [2.45, 2.75) is 36.5 Å². The molecule has 164 valence electrons. The van der Waals surface area contributed by atoms with E-state index >= 15 is 0 Å². The topological polar surface area (TPSA) is 97.2 Å². The number of fused-ring (bicyclic) bond motifs is 1. The van der Waals surface area contributed by atoms with Crippen molar-refractivity contribution in [1.82, 2.24) is 24.4 Å². The highest BCUT2D eigenvalue weighted by atomic mass is 32.2. The molecule has 1 aliphatic rings. The number of nitrogens with one attached hydrogen (secondary N) is 1. The van der Waals surface area contributed by atoms with Crippen molar-refractivity contribution in [2.75, 3.05) is 20.1 Å². The van der Waals surface area contributed by atoms with Crippen molar-refractivity contribution in [2.24, 2.45) is 7.05 Å². The summed E-state index contributed by atoms with van der Waals surface area (Å²) in [5, 5.41) is 5.79. The number of carbonyl (C=O) groups excluding carboxylic acids is 1. The van der Waals surface area contributed by atoms with Crippen LogP contribution in [-0.2, 0) is 28.3 Å². The number of likely N-dealkylation sites (tertiary alicyclic amines) is 1. The molecule has 0 radical (unpaired) electrons. The second-order valence-corrected chi connectivity index (χ2v) is 9.78. The third-order valence-electron chi connectivity index (χ3n) is 5.99. The summed E-state index contributed by atoms with van der Waals surface area (Å²) in [6, 6.07) is 10.7. The number of sulfonamides is 1. The molecule has 0 aliphatic carbocycles. The first-order valence-electron chi connectivity index (χ1n) is 10.5. The minimum absolute atomic E-state index is 0.137. The molecule has 1 amide bonds. The van der Waals surface area contributed by atoms with Crippen LogP contribution in [0, 0.1) is 0 Å². The van der Waals surface area contributed by atoms with Crippen LogP contribution >= 0.6 is 0 Å². The van der Waals surface area contributed by atoms with Crippen LogP contribution < -0.4 is 4.72 Å². The molecule has 1 fully saturated rings. The van der Waals surface area contributed by atoms with Gasteiger partial charge in [0.1, 0.15) is 0 Å². The third kappa shape index (κ3) is 4.47. The van der Waals surface area contributed by atoms with Gasteiger partial charge in [0.25, 0.3) is 0 Å². The van der Waals surface area contributed by atoms with Crippen LogP contribution in [0.4, 0.5) is 0 Å². The normalized spacial score (nSPS) is 15.5. The zero-order valence-corrected chi connectivity index (χ0v) is 18.6. The maximum atomic E-state index is 12.7. The van der Waals surface area contributed by atoms with Crippen LogP contribution in [-0.4, -0.2) is 54.1 Å². The smallest absolute Gasteiger partial charge is 0.240 e. The van der Waals surface area contributed by atoms with Crippen LogP contribution in [0.2, 0.25) is 0 Å². The second-order valence-electron chi connectivity index (χ2n) is 7.89. The van der Waals surface area contributed by atoms with Gasteiger partial charge in [0, 0.05) is 44.1 Å². The molecule has 1 aliphatic heterocycles. The molecule has 9 heteroatoms. The Labute approximate surface area is 182 Å². The highest BCUT2D eigenvalue weighted by molar-refractivity contribution is 7.89. The first-order chi connectivity index (χ1) is 14.9. The van der Waals surface area contributed by atoms with Crippen LogP contribution in [0.1, 0.15) is 36.4 Å². The Balaban J connectivity index is 1.32. The van der Waals surface area contributed by atoms with Gasteiger partial charge >= 0.3 is 0 Å². The Hall–Kier alpha value is -2.78. The Morgan fingerprint density at radius 1 is 1.16 bits per heavy atom. The average molecular weight is 442 g/mol. The standard InChI is InChI=1S/C22H27N5O3S/c1-23-31(29,30)18-8-5-16(6-9-18)7-10-20(28)27-14-11-17(12-15-27)21-19-4-3-13-24-22(19)26(2)25-21/h3-6,8-9,13,17,23H,7,10-12,14-15H2,1-2H3. The van der Waals surface area contributed by atoms with E-state index in [2.05, 4.69) is 15.8 Å². The molecule has 3 heterocycles. The van der Waals surface area contributed by atoms with Crippen LogP contribution in [0.5, 0.6) is 0 Å². The number of hydrogen-bond donors (Lipinski definition) is 1. The first kappa shape index (κ1) is 21.5.